The summed E-state index contributed by atoms with van der Waals surface area (Å²) in [7, 11) is -3.88. The Labute approximate surface area is 183 Å². The first kappa shape index (κ1) is 24.3. The van der Waals surface area contributed by atoms with Crippen molar-refractivity contribution in [3.05, 3.63) is 71.8 Å². The molecule has 0 aromatic heterocycles. The van der Waals surface area contributed by atoms with Crippen LogP contribution in [0.4, 0.5) is 0 Å². The van der Waals surface area contributed by atoms with Gasteiger partial charge in [0.2, 0.25) is 15.9 Å². The highest BCUT2D eigenvalue weighted by Gasteiger charge is 2.28. The first-order valence-corrected chi connectivity index (χ1v) is 11.4. The zero-order valence-corrected chi connectivity index (χ0v) is 18.7. The normalized spacial score (nSPS) is 12.6. The lowest BCUT2D eigenvalue weighted by Crippen LogP contribution is -2.50. The van der Waals surface area contributed by atoms with Crippen molar-refractivity contribution in [2.75, 3.05) is 13.2 Å². The maximum atomic E-state index is 12.6. The molecule has 0 saturated heterocycles. The summed E-state index contributed by atoms with van der Waals surface area (Å²) in [6, 6.07) is 14.8. The van der Waals surface area contributed by atoms with E-state index in [0.717, 1.165) is 11.1 Å². The molecule has 7 nitrogen and oxygen atoms in total. The van der Waals surface area contributed by atoms with E-state index in [-0.39, 0.29) is 24.0 Å². The maximum Gasteiger partial charge on any atom is 0.325 e. The van der Waals surface area contributed by atoms with Gasteiger partial charge in [-0.1, -0.05) is 68.0 Å². The molecule has 31 heavy (non-hydrogen) atoms. The standard InChI is InChI=1S/C23H28N2O5S/c1-17(2)22(25-31(28,29)20-13-11-18(3)12-14-20)23(27)24-16-21(26)30-15-7-10-19-8-5-4-6-9-19/h4-14,17,22,25H,15-16H2,1-3H3,(H,24,27)/b10-7+/t22-/m0/s1. The molecular formula is C23H28N2O5S. The molecule has 0 bridgehead atoms. The van der Waals surface area contributed by atoms with Crippen molar-refractivity contribution in [1.82, 2.24) is 10.0 Å². The molecule has 0 aliphatic rings. The van der Waals surface area contributed by atoms with Crippen LogP contribution in [0.3, 0.4) is 0 Å². The molecule has 2 aromatic carbocycles. The Hall–Kier alpha value is -2.97. The summed E-state index contributed by atoms with van der Waals surface area (Å²) in [5.74, 6) is -1.54. The molecule has 0 saturated carbocycles. The number of aryl methyl sites for hydroxylation is 1. The second-order valence-corrected chi connectivity index (χ2v) is 9.08. The molecular weight excluding hydrogens is 416 g/mol. The summed E-state index contributed by atoms with van der Waals surface area (Å²) >= 11 is 0. The Morgan fingerprint density at radius 3 is 2.29 bits per heavy atom. The van der Waals surface area contributed by atoms with Crippen LogP contribution in [0.2, 0.25) is 0 Å². The molecule has 166 valence electrons. The molecule has 0 radical (unpaired) electrons. The van der Waals surface area contributed by atoms with Crippen LogP contribution in [0, 0.1) is 12.8 Å². The highest BCUT2D eigenvalue weighted by atomic mass is 32.2. The summed E-state index contributed by atoms with van der Waals surface area (Å²) in [6.45, 7) is 5.00. The fourth-order valence-corrected chi connectivity index (χ4v) is 4.00. The monoisotopic (exact) mass is 444 g/mol. The van der Waals surface area contributed by atoms with Gasteiger partial charge < -0.3 is 10.1 Å². The number of sulfonamides is 1. The summed E-state index contributed by atoms with van der Waals surface area (Å²) in [4.78, 5) is 24.5. The molecule has 0 heterocycles. The largest absolute Gasteiger partial charge is 0.460 e. The molecule has 0 spiro atoms. The average molecular weight is 445 g/mol. The van der Waals surface area contributed by atoms with Gasteiger partial charge >= 0.3 is 5.97 Å². The van der Waals surface area contributed by atoms with Crippen LogP contribution in [0.1, 0.15) is 25.0 Å². The van der Waals surface area contributed by atoms with Crippen LogP contribution in [0.15, 0.2) is 65.6 Å². The molecule has 2 aromatic rings. The molecule has 0 unspecified atom stereocenters. The number of hydrogen-bond donors (Lipinski definition) is 2. The van der Waals surface area contributed by atoms with Gasteiger partial charge in [-0.25, -0.2) is 8.42 Å². The number of carbonyl (C=O) groups excluding carboxylic acids is 2. The lowest BCUT2D eigenvalue weighted by atomic mass is 10.1. The number of rotatable bonds is 10. The lowest BCUT2D eigenvalue weighted by Gasteiger charge is -2.21. The summed E-state index contributed by atoms with van der Waals surface area (Å²) in [5.41, 5.74) is 1.90. The number of esters is 1. The van der Waals surface area contributed by atoms with Crippen LogP contribution >= 0.6 is 0 Å². The van der Waals surface area contributed by atoms with Gasteiger partial charge in [0, 0.05) is 0 Å². The summed E-state index contributed by atoms with van der Waals surface area (Å²) in [5, 5.41) is 2.44. The Morgan fingerprint density at radius 1 is 1.03 bits per heavy atom. The van der Waals surface area contributed by atoms with E-state index in [4.69, 9.17) is 4.74 Å². The summed E-state index contributed by atoms with van der Waals surface area (Å²) in [6.07, 6.45) is 3.52. The maximum absolute atomic E-state index is 12.6. The van der Waals surface area contributed by atoms with Gasteiger partial charge in [-0.15, -0.1) is 0 Å². The smallest absolute Gasteiger partial charge is 0.325 e. The minimum Gasteiger partial charge on any atom is -0.460 e. The summed E-state index contributed by atoms with van der Waals surface area (Å²) < 4.78 is 32.7. The zero-order chi connectivity index (χ0) is 22.9. The SMILES string of the molecule is Cc1ccc(S(=O)(=O)N[C@H](C(=O)NCC(=O)OC/C=C/c2ccccc2)C(C)C)cc1. The van der Waals surface area contributed by atoms with E-state index in [1.165, 1.54) is 12.1 Å². The van der Waals surface area contributed by atoms with Gasteiger partial charge in [-0.05, 0) is 36.6 Å². The third-order valence-corrected chi connectivity index (χ3v) is 5.88. The van der Waals surface area contributed by atoms with E-state index < -0.39 is 27.9 Å². The third-order valence-electron chi connectivity index (χ3n) is 4.42. The molecule has 2 N–H and O–H groups in total. The molecule has 1 atom stereocenters. The van der Waals surface area contributed by atoms with E-state index in [1.807, 2.05) is 43.3 Å². The van der Waals surface area contributed by atoms with Crippen LogP contribution in [-0.2, 0) is 24.3 Å². The van der Waals surface area contributed by atoms with Gasteiger partial charge in [-0.3, -0.25) is 9.59 Å². The number of nitrogens with one attached hydrogen (secondary N) is 2. The topological polar surface area (TPSA) is 102 Å². The van der Waals surface area contributed by atoms with Crippen molar-refractivity contribution in [2.45, 2.75) is 31.7 Å². The zero-order valence-electron chi connectivity index (χ0n) is 17.9. The average Bonchev–Trinajstić information content (AvgIpc) is 2.74. The molecule has 0 aliphatic carbocycles. The molecule has 0 fully saturated rings. The van der Waals surface area contributed by atoms with Crippen molar-refractivity contribution in [3.8, 4) is 0 Å². The second-order valence-electron chi connectivity index (χ2n) is 7.37. The van der Waals surface area contributed by atoms with Gasteiger partial charge in [0.1, 0.15) is 19.2 Å². The van der Waals surface area contributed by atoms with Crippen LogP contribution in [-0.4, -0.2) is 39.5 Å². The minimum absolute atomic E-state index is 0.0667. The van der Waals surface area contributed by atoms with Crippen molar-refractivity contribution < 1.29 is 22.7 Å². The van der Waals surface area contributed by atoms with Crippen molar-refractivity contribution in [2.24, 2.45) is 5.92 Å². The Balaban J connectivity index is 1.86. The fourth-order valence-electron chi connectivity index (χ4n) is 2.65. The quantitative estimate of drug-likeness (QED) is 0.549. The van der Waals surface area contributed by atoms with E-state index in [0.29, 0.717) is 0 Å². The van der Waals surface area contributed by atoms with E-state index >= 15 is 0 Å². The second kappa shape index (κ2) is 11.4. The van der Waals surface area contributed by atoms with Crippen molar-refractivity contribution in [3.63, 3.8) is 0 Å². The first-order chi connectivity index (χ1) is 14.7. The molecule has 1 amide bonds. The van der Waals surface area contributed by atoms with Crippen molar-refractivity contribution >= 4 is 28.0 Å². The minimum atomic E-state index is -3.88. The van der Waals surface area contributed by atoms with Gasteiger partial charge in [0.05, 0.1) is 4.90 Å². The van der Waals surface area contributed by atoms with Crippen LogP contribution in [0.5, 0.6) is 0 Å². The highest BCUT2D eigenvalue weighted by molar-refractivity contribution is 7.89. The van der Waals surface area contributed by atoms with E-state index in [2.05, 4.69) is 10.0 Å². The van der Waals surface area contributed by atoms with Crippen molar-refractivity contribution in [1.29, 1.82) is 0 Å². The van der Waals surface area contributed by atoms with Crippen LogP contribution in [0.25, 0.3) is 6.08 Å². The number of ether oxygens (including phenoxy) is 1. The van der Waals surface area contributed by atoms with E-state index in [1.54, 1.807) is 32.1 Å². The molecule has 2 rings (SSSR count). The Bertz CT molecular complexity index is 1000. The van der Waals surface area contributed by atoms with Gasteiger partial charge in [-0.2, -0.15) is 4.72 Å². The molecule has 8 heteroatoms. The predicted octanol–water partition coefficient (Wildman–Crippen LogP) is 2.67. The fraction of sp³-hybridized carbons (Fsp3) is 0.304. The predicted molar refractivity (Wildman–Crippen MR) is 120 cm³/mol. The van der Waals surface area contributed by atoms with Crippen LogP contribution < -0.4 is 10.0 Å². The number of hydrogen-bond acceptors (Lipinski definition) is 5. The number of carbonyl (C=O) groups is 2. The number of amides is 1. The first-order valence-electron chi connectivity index (χ1n) is 9.93. The third kappa shape index (κ3) is 7.99. The Kier molecular flexibility index (Phi) is 8.96. The molecule has 0 aliphatic heterocycles. The Morgan fingerprint density at radius 2 is 1.68 bits per heavy atom. The lowest BCUT2D eigenvalue weighted by molar-refractivity contribution is -0.143. The highest BCUT2D eigenvalue weighted by Crippen LogP contribution is 2.13. The van der Waals surface area contributed by atoms with E-state index in [9.17, 15) is 18.0 Å². The van der Waals surface area contributed by atoms with Gasteiger partial charge in [0.25, 0.3) is 0 Å². The van der Waals surface area contributed by atoms with Gasteiger partial charge in [0.15, 0.2) is 0 Å². The number of benzene rings is 2.